The molecular weight excluding hydrogens is 230 g/mol. The predicted octanol–water partition coefficient (Wildman–Crippen LogP) is 2.02. The number of aromatic carboxylic acids is 1. The van der Waals surface area contributed by atoms with Crippen molar-refractivity contribution in [1.82, 2.24) is 9.97 Å². The van der Waals surface area contributed by atoms with Crippen LogP contribution in [0, 0.1) is 17.8 Å². The van der Waals surface area contributed by atoms with Crippen molar-refractivity contribution in [2.75, 3.05) is 11.9 Å². The maximum absolute atomic E-state index is 10.6. The highest BCUT2D eigenvalue weighted by molar-refractivity contribution is 5.84. The van der Waals surface area contributed by atoms with Crippen molar-refractivity contribution in [2.45, 2.75) is 25.7 Å². The van der Waals surface area contributed by atoms with Crippen LogP contribution in [0.5, 0.6) is 0 Å². The lowest BCUT2D eigenvalue weighted by atomic mass is 9.89. The number of carboxylic acids is 1. The van der Waals surface area contributed by atoms with E-state index in [4.69, 9.17) is 5.11 Å². The summed E-state index contributed by atoms with van der Waals surface area (Å²) in [7, 11) is 0. The Morgan fingerprint density at radius 1 is 1.33 bits per heavy atom. The van der Waals surface area contributed by atoms with Gasteiger partial charge in [0.15, 0.2) is 5.69 Å². The standard InChI is InChI=1S/C13H17N3O2/c17-13(18)11-6-16-12(7-14-11)15-5-10-4-8-1-2-9(10)3-8/h6-10H,1-5H2,(H,15,16)(H,17,18). The van der Waals surface area contributed by atoms with E-state index in [0.29, 0.717) is 5.82 Å². The van der Waals surface area contributed by atoms with E-state index in [1.165, 1.54) is 38.1 Å². The van der Waals surface area contributed by atoms with E-state index in [9.17, 15) is 4.79 Å². The Kier molecular flexibility index (Phi) is 2.89. The number of nitrogens with zero attached hydrogens (tertiary/aromatic N) is 2. The molecule has 2 saturated carbocycles. The number of carboxylic acid groups (broad SMARTS) is 1. The molecule has 3 rings (SSSR count). The van der Waals surface area contributed by atoms with Crippen LogP contribution in [0.1, 0.15) is 36.2 Å². The summed E-state index contributed by atoms with van der Waals surface area (Å²) in [5, 5.41) is 12.0. The number of aromatic nitrogens is 2. The fourth-order valence-corrected chi connectivity index (χ4v) is 3.39. The summed E-state index contributed by atoms with van der Waals surface area (Å²) in [4.78, 5) is 18.6. The van der Waals surface area contributed by atoms with Gasteiger partial charge in [-0.1, -0.05) is 6.42 Å². The molecule has 1 aromatic heterocycles. The molecule has 3 unspecified atom stereocenters. The van der Waals surface area contributed by atoms with Crippen LogP contribution in [0.4, 0.5) is 5.82 Å². The average Bonchev–Trinajstić information content (AvgIpc) is 2.99. The monoisotopic (exact) mass is 247 g/mol. The van der Waals surface area contributed by atoms with Crippen molar-refractivity contribution in [3.05, 3.63) is 18.1 Å². The molecule has 2 N–H and O–H groups in total. The maximum Gasteiger partial charge on any atom is 0.356 e. The fraction of sp³-hybridized carbons (Fsp3) is 0.615. The molecule has 96 valence electrons. The van der Waals surface area contributed by atoms with Crippen LogP contribution in [-0.4, -0.2) is 27.6 Å². The number of fused-ring (bicyclic) bond motifs is 2. The largest absolute Gasteiger partial charge is 0.476 e. The molecule has 0 aromatic carbocycles. The summed E-state index contributed by atoms with van der Waals surface area (Å²) in [5.41, 5.74) is -0.0135. The van der Waals surface area contributed by atoms with Crippen LogP contribution >= 0.6 is 0 Å². The molecule has 0 spiro atoms. The highest BCUT2D eigenvalue weighted by Crippen LogP contribution is 2.48. The minimum absolute atomic E-state index is 0.0135. The Balaban J connectivity index is 1.55. The summed E-state index contributed by atoms with van der Waals surface area (Å²) in [5.74, 6) is 2.21. The van der Waals surface area contributed by atoms with Gasteiger partial charge in [-0.25, -0.2) is 14.8 Å². The quantitative estimate of drug-likeness (QED) is 0.851. The van der Waals surface area contributed by atoms with E-state index < -0.39 is 5.97 Å². The molecule has 18 heavy (non-hydrogen) atoms. The van der Waals surface area contributed by atoms with Gasteiger partial charge in [0.25, 0.3) is 0 Å². The van der Waals surface area contributed by atoms with E-state index in [0.717, 1.165) is 24.3 Å². The van der Waals surface area contributed by atoms with Gasteiger partial charge in [0, 0.05) is 6.54 Å². The summed E-state index contributed by atoms with van der Waals surface area (Å²) in [6.45, 7) is 0.933. The first-order valence-electron chi connectivity index (χ1n) is 6.51. The second-order valence-electron chi connectivity index (χ2n) is 5.41. The average molecular weight is 247 g/mol. The minimum atomic E-state index is -1.04. The topological polar surface area (TPSA) is 75.1 Å². The zero-order valence-electron chi connectivity index (χ0n) is 10.2. The molecular formula is C13H17N3O2. The second-order valence-corrected chi connectivity index (χ2v) is 5.41. The maximum atomic E-state index is 10.6. The number of carbonyl (C=O) groups is 1. The normalized spacial score (nSPS) is 29.4. The van der Waals surface area contributed by atoms with Crippen LogP contribution < -0.4 is 5.32 Å². The van der Waals surface area contributed by atoms with Gasteiger partial charge < -0.3 is 10.4 Å². The summed E-state index contributed by atoms with van der Waals surface area (Å²) < 4.78 is 0. The van der Waals surface area contributed by atoms with E-state index in [1.807, 2.05) is 0 Å². The number of anilines is 1. The van der Waals surface area contributed by atoms with Crippen molar-refractivity contribution in [1.29, 1.82) is 0 Å². The van der Waals surface area contributed by atoms with Crippen LogP contribution in [0.3, 0.4) is 0 Å². The van der Waals surface area contributed by atoms with Crippen molar-refractivity contribution in [2.24, 2.45) is 17.8 Å². The third kappa shape index (κ3) is 2.17. The zero-order valence-corrected chi connectivity index (χ0v) is 10.2. The lowest BCUT2D eigenvalue weighted by molar-refractivity contribution is 0.0690. The molecule has 2 aliphatic rings. The summed E-state index contributed by atoms with van der Waals surface area (Å²) in [6, 6.07) is 0. The highest BCUT2D eigenvalue weighted by Gasteiger charge is 2.39. The lowest BCUT2D eigenvalue weighted by Crippen LogP contribution is -2.20. The van der Waals surface area contributed by atoms with Crippen molar-refractivity contribution in [3.63, 3.8) is 0 Å². The van der Waals surface area contributed by atoms with Crippen LogP contribution in [-0.2, 0) is 0 Å². The van der Waals surface area contributed by atoms with Gasteiger partial charge in [-0.2, -0.15) is 0 Å². The smallest absolute Gasteiger partial charge is 0.356 e. The highest BCUT2D eigenvalue weighted by atomic mass is 16.4. The Hall–Kier alpha value is -1.65. The van der Waals surface area contributed by atoms with E-state index in [-0.39, 0.29) is 5.69 Å². The van der Waals surface area contributed by atoms with Crippen LogP contribution in [0.2, 0.25) is 0 Å². The van der Waals surface area contributed by atoms with E-state index in [2.05, 4.69) is 15.3 Å². The van der Waals surface area contributed by atoms with Crippen molar-refractivity contribution < 1.29 is 9.90 Å². The Bertz CT molecular complexity index is 446. The predicted molar refractivity (Wildman–Crippen MR) is 66.4 cm³/mol. The molecule has 2 aliphatic carbocycles. The molecule has 0 saturated heterocycles. The Labute approximate surface area is 106 Å². The van der Waals surface area contributed by atoms with Gasteiger partial charge in [-0.15, -0.1) is 0 Å². The molecule has 0 amide bonds. The van der Waals surface area contributed by atoms with Gasteiger partial charge in [0.05, 0.1) is 12.4 Å². The first-order chi connectivity index (χ1) is 8.72. The third-order valence-corrected chi connectivity index (χ3v) is 4.30. The van der Waals surface area contributed by atoms with Crippen LogP contribution in [0.25, 0.3) is 0 Å². The van der Waals surface area contributed by atoms with Crippen LogP contribution in [0.15, 0.2) is 12.4 Å². The van der Waals surface area contributed by atoms with Crippen molar-refractivity contribution >= 4 is 11.8 Å². The van der Waals surface area contributed by atoms with Gasteiger partial charge in [-0.3, -0.25) is 0 Å². The molecule has 1 heterocycles. The Morgan fingerprint density at radius 3 is 2.78 bits per heavy atom. The molecule has 0 aliphatic heterocycles. The Morgan fingerprint density at radius 2 is 2.22 bits per heavy atom. The number of rotatable bonds is 4. The fourth-order valence-electron chi connectivity index (χ4n) is 3.39. The first-order valence-corrected chi connectivity index (χ1v) is 6.51. The van der Waals surface area contributed by atoms with Gasteiger partial charge in [0.2, 0.25) is 0 Å². The molecule has 0 radical (unpaired) electrons. The van der Waals surface area contributed by atoms with Gasteiger partial charge in [-0.05, 0) is 37.0 Å². The first kappa shape index (κ1) is 11.4. The van der Waals surface area contributed by atoms with Gasteiger partial charge >= 0.3 is 5.97 Å². The minimum Gasteiger partial charge on any atom is -0.476 e. The van der Waals surface area contributed by atoms with E-state index in [1.54, 1.807) is 0 Å². The molecule has 1 aromatic rings. The van der Waals surface area contributed by atoms with E-state index >= 15 is 0 Å². The third-order valence-electron chi connectivity index (χ3n) is 4.30. The zero-order chi connectivity index (χ0) is 12.5. The lowest BCUT2D eigenvalue weighted by Gasteiger charge is -2.21. The molecule has 2 fully saturated rings. The molecule has 2 bridgehead atoms. The number of hydrogen-bond acceptors (Lipinski definition) is 4. The molecule has 5 heteroatoms. The molecule has 5 nitrogen and oxygen atoms in total. The summed E-state index contributed by atoms with van der Waals surface area (Å²) in [6.07, 6.45) is 8.31. The number of hydrogen-bond donors (Lipinski definition) is 2. The van der Waals surface area contributed by atoms with Crippen molar-refractivity contribution in [3.8, 4) is 0 Å². The summed E-state index contributed by atoms with van der Waals surface area (Å²) >= 11 is 0. The SMILES string of the molecule is O=C(O)c1cnc(NCC2CC3CCC2C3)cn1. The number of nitrogens with one attached hydrogen (secondary N) is 1. The van der Waals surface area contributed by atoms with Gasteiger partial charge in [0.1, 0.15) is 5.82 Å². The second kappa shape index (κ2) is 4.55. The molecule has 3 atom stereocenters.